The van der Waals surface area contributed by atoms with Crippen LogP contribution in [0.2, 0.25) is 5.02 Å². The van der Waals surface area contributed by atoms with Crippen LogP contribution in [0.25, 0.3) is 10.8 Å². The molecule has 26 heavy (non-hydrogen) atoms. The number of halogens is 1. The third kappa shape index (κ3) is 2.53. The quantitative estimate of drug-likeness (QED) is 0.431. The van der Waals surface area contributed by atoms with Gasteiger partial charge in [-0.25, -0.2) is 9.59 Å². The number of carbonyl (C=O) groups is 2. The summed E-state index contributed by atoms with van der Waals surface area (Å²) in [5, 5.41) is 1.87. The summed E-state index contributed by atoms with van der Waals surface area (Å²) in [5.41, 5.74) is 1.93. The number of ether oxygens (including phenoxy) is 2. The molecule has 0 spiro atoms. The van der Waals surface area contributed by atoms with Crippen molar-refractivity contribution in [1.29, 1.82) is 0 Å². The van der Waals surface area contributed by atoms with Gasteiger partial charge in [0, 0.05) is 39.1 Å². The zero-order chi connectivity index (χ0) is 18.4. The van der Waals surface area contributed by atoms with Crippen molar-refractivity contribution >= 4 is 34.3 Å². The van der Waals surface area contributed by atoms with Crippen LogP contribution in [-0.2, 0) is 9.59 Å². The van der Waals surface area contributed by atoms with Gasteiger partial charge in [-0.2, -0.15) is 0 Å². The fourth-order valence-corrected chi connectivity index (χ4v) is 4.43. The average Bonchev–Trinajstić information content (AvgIpc) is 3.25. The molecular formula is C21H17ClO4. The van der Waals surface area contributed by atoms with Gasteiger partial charge in [0.25, 0.3) is 0 Å². The molecule has 2 aliphatic carbocycles. The Morgan fingerprint density at radius 3 is 2.04 bits per heavy atom. The van der Waals surface area contributed by atoms with Crippen molar-refractivity contribution in [1.82, 2.24) is 0 Å². The van der Waals surface area contributed by atoms with Crippen molar-refractivity contribution in [2.75, 3.05) is 0 Å². The first kappa shape index (κ1) is 16.9. The summed E-state index contributed by atoms with van der Waals surface area (Å²) in [7, 11) is 0. The number of rotatable bonds is 4. The topological polar surface area (TPSA) is 52.6 Å². The standard InChI is InChI=1S/C21H17ClO4/c1-3-16(23)25-20-14-8-7-13(22)10-15(14)21(26-17(24)4-2)19-12-6-5-11(9-12)18(19)20/h3-4,7-8,10-12H,1-2,5-6,9H2. The Morgan fingerprint density at radius 1 is 0.962 bits per heavy atom. The highest BCUT2D eigenvalue weighted by molar-refractivity contribution is 6.31. The van der Waals surface area contributed by atoms with Crippen molar-refractivity contribution in [3.8, 4) is 11.5 Å². The lowest BCUT2D eigenvalue weighted by Gasteiger charge is -2.23. The van der Waals surface area contributed by atoms with Crippen LogP contribution < -0.4 is 9.47 Å². The van der Waals surface area contributed by atoms with Crippen molar-refractivity contribution in [3.05, 3.63) is 59.7 Å². The van der Waals surface area contributed by atoms with E-state index in [1.165, 1.54) is 0 Å². The smallest absolute Gasteiger partial charge is 0.335 e. The predicted molar refractivity (Wildman–Crippen MR) is 100.0 cm³/mol. The van der Waals surface area contributed by atoms with Crippen LogP contribution in [0.15, 0.2) is 43.5 Å². The molecule has 0 aliphatic heterocycles. The summed E-state index contributed by atoms with van der Waals surface area (Å²) in [6, 6.07) is 5.26. The maximum absolute atomic E-state index is 12.0. The van der Waals surface area contributed by atoms with Gasteiger partial charge < -0.3 is 9.47 Å². The first-order valence-corrected chi connectivity index (χ1v) is 8.88. The summed E-state index contributed by atoms with van der Waals surface area (Å²) < 4.78 is 11.3. The fraction of sp³-hybridized carbons (Fsp3) is 0.238. The maximum atomic E-state index is 12.0. The SMILES string of the molecule is C=CC(=O)Oc1c2c(c(OC(=O)C=C)c3cc(Cl)ccc13)C1CCC2C1. The molecule has 1 fully saturated rings. The van der Waals surface area contributed by atoms with Gasteiger partial charge in [0.15, 0.2) is 0 Å². The Hall–Kier alpha value is -2.59. The van der Waals surface area contributed by atoms with Gasteiger partial charge in [-0.3, -0.25) is 0 Å². The molecule has 2 aromatic rings. The van der Waals surface area contributed by atoms with Crippen molar-refractivity contribution in [2.45, 2.75) is 31.1 Å². The van der Waals surface area contributed by atoms with Crippen LogP contribution in [0.1, 0.15) is 42.2 Å². The zero-order valence-corrected chi connectivity index (χ0v) is 14.8. The fourth-order valence-electron chi connectivity index (χ4n) is 4.26. The van der Waals surface area contributed by atoms with Crippen LogP contribution in [0.3, 0.4) is 0 Å². The highest BCUT2D eigenvalue weighted by Crippen LogP contribution is 2.61. The van der Waals surface area contributed by atoms with Crippen molar-refractivity contribution in [2.24, 2.45) is 0 Å². The molecule has 4 nitrogen and oxygen atoms in total. The molecule has 2 atom stereocenters. The largest absolute Gasteiger partial charge is 0.422 e. The molecule has 1 saturated carbocycles. The maximum Gasteiger partial charge on any atom is 0.335 e. The van der Waals surface area contributed by atoms with Gasteiger partial charge >= 0.3 is 11.9 Å². The predicted octanol–water partition coefficient (Wildman–Crippen LogP) is 5.04. The minimum atomic E-state index is -0.521. The first-order valence-electron chi connectivity index (χ1n) is 8.51. The van der Waals surface area contributed by atoms with Gasteiger partial charge in [0.2, 0.25) is 0 Å². The highest BCUT2D eigenvalue weighted by Gasteiger charge is 2.43. The Kier molecular flexibility index (Phi) is 4.08. The lowest BCUT2D eigenvalue weighted by Crippen LogP contribution is -2.12. The van der Waals surface area contributed by atoms with Gasteiger partial charge in [0.1, 0.15) is 11.5 Å². The number of fused-ring (bicyclic) bond motifs is 6. The molecule has 4 rings (SSSR count). The van der Waals surface area contributed by atoms with E-state index in [4.69, 9.17) is 21.1 Å². The Bertz CT molecular complexity index is 976. The molecular weight excluding hydrogens is 352 g/mol. The molecule has 0 aromatic heterocycles. The molecule has 0 amide bonds. The lowest BCUT2D eigenvalue weighted by molar-refractivity contribution is -0.130. The van der Waals surface area contributed by atoms with Crippen LogP contribution in [0.5, 0.6) is 11.5 Å². The molecule has 0 heterocycles. The highest BCUT2D eigenvalue weighted by atomic mass is 35.5. The Balaban J connectivity index is 2.06. The van der Waals surface area contributed by atoms with Gasteiger partial charge in [-0.05, 0) is 49.3 Å². The average molecular weight is 369 g/mol. The van der Waals surface area contributed by atoms with Crippen LogP contribution in [-0.4, -0.2) is 11.9 Å². The van der Waals surface area contributed by atoms with Gasteiger partial charge in [0.05, 0.1) is 0 Å². The van der Waals surface area contributed by atoms with E-state index in [0.29, 0.717) is 33.2 Å². The van der Waals surface area contributed by atoms with E-state index < -0.39 is 11.9 Å². The molecule has 0 N–H and O–H groups in total. The third-order valence-corrected chi connectivity index (χ3v) is 5.47. The first-order chi connectivity index (χ1) is 12.5. The molecule has 2 aromatic carbocycles. The van der Waals surface area contributed by atoms with E-state index in [0.717, 1.165) is 42.5 Å². The van der Waals surface area contributed by atoms with E-state index in [2.05, 4.69) is 13.2 Å². The van der Waals surface area contributed by atoms with Crippen LogP contribution >= 0.6 is 11.6 Å². The van der Waals surface area contributed by atoms with Gasteiger partial charge in [-0.1, -0.05) is 24.8 Å². The minimum Gasteiger partial charge on any atom is -0.422 e. The summed E-state index contributed by atoms with van der Waals surface area (Å²) in [5.74, 6) is 0.584. The molecule has 2 bridgehead atoms. The number of hydrogen-bond donors (Lipinski definition) is 0. The zero-order valence-electron chi connectivity index (χ0n) is 14.1. The summed E-state index contributed by atoms with van der Waals surface area (Å²) in [6.45, 7) is 6.97. The third-order valence-electron chi connectivity index (χ3n) is 5.24. The van der Waals surface area contributed by atoms with E-state index in [-0.39, 0.29) is 5.92 Å². The lowest BCUT2D eigenvalue weighted by atomic mass is 9.87. The van der Waals surface area contributed by atoms with Crippen molar-refractivity contribution in [3.63, 3.8) is 0 Å². The minimum absolute atomic E-state index is 0.284. The van der Waals surface area contributed by atoms with Gasteiger partial charge in [-0.15, -0.1) is 0 Å². The Labute approximate surface area is 156 Å². The van der Waals surface area contributed by atoms with Crippen LogP contribution in [0.4, 0.5) is 0 Å². The molecule has 2 aliphatic rings. The van der Waals surface area contributed by atoms with Crippen LogP contribution in [0, 0.1) is 0 Å². The number of carbonyl (C=O) groups excluding carboxylic acids is 2. The second-order valence-corrected chi connectivity index (χ2v) is 7.07. The Morgan fingerprint density at radius 2 is 1.50 bits per heavy atom. The number of esters is 2. The second-order valence-electron chi connectivity index (χ2n) is 6.63. The molecule has 132 valence electrons. The summed E-state index contributed by atoms with van der Waals surface area (Å²) >= 11 is 6.19. The van der Waals surface area contributed by atoms with E-state index in [9.17, 15) is 9.59 Å². The molecule has 5 heteroatoms. The summed E-state index contributed by atoms with van der Waals surface area (Å²) in [4.78, 5) is 23.9. The van der Waals surface area contributed by atoms with E-state index in [1.807, 2.05) is 0 Å². The monoisotopic (exact) mass is 368 g/mol. The second kappa shape index (κ2) is 6.29. The molecule has 0 saturated heterocycles. The normalized spacial score (nSPS) is 19.9. The molecule has 0 radical (unpaired) electrons. The number of hydrogen-bond acceptors (Lipinski definition) is 4. The number of benzene rings is 2. The molecule has 2 unspecified atom stereocenters. The summed E-state index contributed by atoms with van der Waals surface area (Å²) in [6.07, 6.45) is 5.31. The van der Waals surface area contributed by atoms with E-state index >= 15 is 0 Å². The van der Waals surface area contributed by atoms with E-state index in [1.54, 1.807) is 18.2 Å². The van der Waals surface area contributed by atoms with Crippen molar-refractivity contribution < 1.29 is 19.1 Å².